The number of amides is 1. The highest BCUT2D eigenvalue weighted by atomic mass is 32.2. The second-order valence-electron chi connectivity index (χ2n) is 5.40. The quantitative estimate of drug-likeness (QED) is 0.772. The van der Waals surface area contributed by atoms with E-state index in [4.69, 9.17) is 0 Å². The number of rotatable bonds is 5. The van der Waals surface area contributed by atoms with E-state index in [0.29, 0.717) is 5.69 Å². The Morgan fingerprint density at radius 3 is 2.35 bits per heavy atom. The van der Waals surface area contributed by atoms with Gasteiger partial charge in [-0.05, 0) is 42.0 Å². The smallest absolute Gasteiger partial charge is 0.322 e. The predicted molar refractivity (Wildman–Crippen MR) is 94.0 cm³/mol. The summed E-state index contributed by atoms with van der Waals surface area (Å²) in [5.41, 5.74) is 0.0200. The van der Waals surface area contributed by atoms with Gasteiger partial charge < -0.3 is 5.32 Å². The van der Waals surface area contributed by atoms with E-state index in [9.17, 15) is 26.4 Å². The van der Waals surface area contributed by atoms with Crippen LogP contribution in [-0.2, 0) is 21.0 Å². The largest absolute Gasteiger partial charge is 0.416 e. The Morgan fingerprint density at radius 1 is 1.04 bits per heavy atom. The SMILES string of the molecule is CS(=O)(=O)Nc1cccc(NC(=O)C=Cc2cccc(C(F)(F)F)c2)c1. The van der Waals surface area contributed by atoms with Gasteiger partial charge in [-0.3, -0.25) is 9.52 Å². The molecule has 2 N–H and O–H groups in total. The van der Waals surface area contributed by atoms with Crippen LogP contribution < -0.4 is 10.0 Å². The van der Waals surface area contributed by atoms with E-state index in [2.05, 4.69) is 10.0 Å². The van der Waals surface area contributed by atoms with Crippen LogP contribution in [0.4, 0.5) is 24.5 Å². The lowest BCUT2D eigenvalue weighted by Crippen LogP contribution is -2.11. The molecule has 138 valence electrons. The summed E-state index contributed by atoms with van der Waals surface area (Å²) in [5, 5.41) is 2.50. The molecule has 5 nitrogen and oxygen atoms in total. The molecular weight excluding hydrogens is 369 g/mol. The standard InChI is InChI=1S/C17H15F3N2O3S/c1-26(24,25)22-15-7-3-6-14(11-15)21-16(23)9-8-12-4-2-5-13(10-12)17(18,19)20/h2-11,22H,1H3,(H,21,23). The van der Waals surface area contributed by atoms with Crippen LogP contribution in [0.25, 0.3) is 6.08 Å². The van der Waals surface area contributed by atoms with Gasteiger partial charge in [-0.1, -0.05) is 18.2 Å². The summed E-state index contributed by atoms with van der Waals surface area (Å²) in [6.07, 6.45) is -1.12. The molecule has 2 aromatic carbocycles. The van der Waals surface area contributed by atoms with Crippen molar-refractivity contribution in [2.45, 2.75) is 6.18 Å². The van der Waals surface area contributed by atoms with Crippen LogP contribution in [0.3, 0.4) is 0 Å². The van der Waals surface area contributed by atoms with E-state index in [0.717, 1.165) is 24.5 Å². The first-order valence-corrected chi connectivity index (χ1v) is 9.16. The van der Waals surface area contributed by atoms with Crippen molar-refractivity contribution in [1.82, 2.24) is 0 Å². The zero-order valence-electron chi connectivity index (χ0n) is 13.5. The molecule has 0 aliphatic rings. The van der Waals surface area contributed by atoms with E-state index in [1.54, 1.807) is 12.1 Å². The fourth-order valence-corrected chi connectivity index (χ4v) is 2.60. The number of nitrogens with one attached hydrogen (secondary N) is 2. The average molecular weight is 384 g/mol. The highest BCUT2D eigenvalue weighted by Gasteiger charge is 2.30. The monoisotopic (exact) mass is 384 g/mol. The van der Waals surface area contributed by atoms with Crippen LogP contribution in [0.5, 0.6) is 0 Å². The summed E-state index contributed by atoms with van der Waals surface area (Å²) in [7, 11) is -3.45. The number of carbonyl (C=O) groups excluding carboxylic acids is 1. The average Bonchev–Trinajstić information content (AvgIpc) is 2.51. The van der Waals surface area contributed by atoms with Crippen molar-refractivity contribution >= 4 is 33.4 Å². The van der Waals surface area contributed by atoms with E-state index in [1.807, 2.05) is 0 Å². The molecule has 0 saturated carbocycles. The molecule has 1 amide bonds. The Balaban J connectivity index is 2.07. The number of hydrogen-bond acceptors (Lipinski definition) is 3. The Hall–Kier alpha value is -2.81. The maximum Gasteiger partial charge on any atom is 0.416 e. The first-order valence-electron chi connectivity index (χ1n) is 7.27. The van der Waals surface area contributed by atoms with Gasteiger partial charge in [0.15, 0.2) is 0 Å². The van der Waals surface area contributed by atoms with Crippen LogP contribution >= 0.6 is 0 Å². The minimum absolute atomic E-state index is 0.225. The number of halogens is 3. The number of benzene rings is 2. The first-order chi connectivity index (χ1) is 12.0. The Bertz CT molecular complexity index is 938. The summed E-state index contributed by atoms with van der Waals surface area (Å²) >= 11 is 0. The Morgan fingerprint density at radius 2 is 1.69 bits per heavy atom. The summed E-state index contributed by atoms with van der Waals surface area (Å²) < 4.78 is 62.6. The number of alkyl halides is 3. The highest BCUT2D eigenvalue weighted by Crippen LogP contribution is 2.29. The van der Waals surface area contributed by atoms with Gasteiger partial charge in [0, 0.05) is 11.8 Å². The second-order valence-corrected chi connectivity index (χ2v) is 7.15. The summed E-state index contributed by atoms with van der Waals surface area (Å²) in [6.45, 7) is 0. The second kappa shape index (κ2) is 7.61. The van der Waals surface area contributed by atoms with Gasteiger partial charge in [-0.15, -0.1) is 0 Å². The number of anilines is 2. The molecule has 0 aliphatic carbocycles. The zero-order chi connectivity index (χ0) is 19.4. The first kappa shape index (κ1) is 19.5. The highest BCUT2D eigenvalue weighted by molar-refractivity contribution is 7.92. The molecule has 0 saturated heterocycles. The molecule has 0 spiro atoms. The van der Waals surface area contributed by atoms with Crippen molar-refractivity contribution in [3.05, 3.63) is 65.7 Å². The lowest BCUT2D eigenvalue weighted by molar-refractivity contribution is -0.137. The van der Waals surface area contributed by atoms with Crippen LogP contribution in [0, 0.1) is 0 Å². The molecule has 9 heteroatoms. The maximum atomic E-state index is 12.7. The van der Waals surface area contributed by atoms with Crippen molar-refractivity contribution in [1.29, 1.82) is 0 Å². The molecule has 0 radical (unpaired) electrons. The molecule has 0 unspecified atom stereocenters. The summed E-state index contributed by atoms with van der Waals surface area (Å²) in [5.74, 6) is -0.570. The van der Waals surface area contributed by atoms with E-state index < -0.39 is 27.7 Å². The lowest BCUT2D eigenvalue weighted by atomic mass is 10.1. The maximum absolute atomic E-state index is 12.7. The topological polar surface area (TPSA) is 75.3 Å². The van der Waals surface area contributed by atoms with Crippen LogP contribution in [-0.4, -0.2) is 20.6 Å². The van der Waals surface area contributed by atoms with Crippen LogP contribution in [0.1, 0.15) is 11.1 Å². The molecule has 2 aromatic rings. The molecule has 0 aliphatic heterocycles. The van der Waals surface area contributed by atoms with Crippen molar-refractivity contribution in [2.75, 3.05) is 16.3 Å². The number of sulfonamides is 1. The number of hydrogen-bond donors (Lipinski definition) is 2. The molecule has 0 fully saturated rings. The van der Waals surface area contributed by atoms with E-state index >= 15 is 0 Å². The molecule has 0 aromatic heterocycles. The van der Waals surface area contributed by atoms with Gasteiger partial charge in [-0.2, -0.15) is 13.2 Å². The zero-order valence-corrected chi connectivity index (χ0v) is 14.4. The minimum atomic E-state index is -4.46. The fourth-order valence-electron chi connectivity index (χ4n) is 2.05. The molecule has 2 rings (SSSR count). The van der Waals surface area contributed by atoms with Crippen molar-refractivity contribution < 1.29 is 26.4 Å². The number of carbonyl (C=O) groups is 1. The van der Waals surface area contributed by atoms with Crippen molar-refractivity contribution in [3.63, 3.8) is 0 Å². The third-order valence-corrected chi connectivity index (χ3v) is 3.68. The third-order valence-electron chi connectivity index (χ3n) is 3.07. The van der Waals surface area contributed by atoms with Crippen molar-refractivity contribution in [3.8, 4) is 0 Å². The summed E-state index contributed by atoms with van der Waals surface area (Å²) in [6, 6.07) is 10.6. The van der Waals surface area contributed by atoms with Gasteiger partial charge in [0.2, 0.25) is 15.9 Å². The van der Waals surface area contributed by atoms with E-state index in [1.165, 1.54) is 30.3 Å². The van der Waals surface area contributed by atoms with Gasteiger partial charge in [0.25, 0.3) is 0 Å². The van der Waals surface area contributed by atoms with Gasteiger partial charge in [0.1, 0.15) is 0 Å². The molecule has 0 bridgehead atoms. The predicted octanol–water partition coefficient (Wildman–Crippen LogP) is 3.73. The Labute approximate surface area is 148 Å². The Kier molecular flexibility index (Phi) is 5.71. The lowest BCUT2D eigenvalue weighted by Gasteiger charge is -2.07. The third kappa shape index (κ3) is 6.25. The normalized spacial score (nSPS) is 12.2. The molecule has 0 heterocycles. The molecule has 26 heavy (non-hydrogen) atoms. The summed E-state index contributed by atoms with van der Waals surface area (Å²) in [4.78, 5) is 11.9. The molecule has 0 atom stereocenters. The van der Waals surface area contributed by atoms with E-state index in [-0.39, 0.29) is 11.3 Å². The van der Waals surface area contributed by atoms with Crippen LogP contribution in [0.15, 0.2) is 54.6 Å². The van der Waals surface area contributed by atoms with Gasteiger partial charge >= 0.3 is 6.18 Å². The minimum Gasteiger partial charge on any atom is -0.322 e. The van der Waals surface area contributed by atoms with Crippen molar-refractivity contribution in [2.24, 2.45) is 0 Å². The van der Waals surface area contributed by atoms with Crippen LogP contribution in [0.2, 0.25) is 0 Å². The van der Waals surface area contributed by atoms with Gasteiger partial charge in [0.05, 0.1) is 17.5 Å². The van der Waals surface area contributed by atoms with Gasteiger partial charge in [-0.25, -0.2) is 8.42 Å². The fraction of sp³-hybridized carbons (Fsp3) is 0.118. The molecular formula is C17H15F3N2O3S.